The molecular formula is C66H53Cl2F9N12O9. The lowest BCUT2D eigenvalue weighted by Crippen LogP contribution is -2.37. The lowest BCUT2D eigenvalue weighted by molar-refractivity contribution is -0.275. The van der Waals surface area contributed by atoms with Gasteiger partial charge in [-0.2, -0.15) is 0 Å². The van der Waals surface area contributed by atoms with Gasteiger partial charge in [0.05, 0.1) is 59.3 Å². The molecule has 6 heterocycles. The number of carbonyl (C=O) groups excluding carboxylic acids is 6. The summed E-state index contributed by atoms with van der Waals surface area (Å²) in [6.45, 7) is -0.246. The van der Waals surface area contributed by atoms with Gasteiger partial charge in [-0.1, -0.05) is 54.6 Å². The van der Waals surface area contributed by atoms with E-state index in [1.165, 1.54) is 97.3 Å². The second kappa shape index (κ2) is 31.5. The Kier molecular flexibility index (Phi) is 23.3. The lowest BCUT2D eigenvalue weighted by atomic mass is 10.0. The average molecular weight is 1400 g/mol. The van der Waals surface area contributed by atoms with Crippen LogP contribution in [0.1, 0.15) is 48.5 Å². The highest BCUT2D eigenvalue weighted by Crippen LogP contribution is 2.36. The quantitative estimate of drug-likeness (QED) is 0.0936. The summed E-state index contributed by atoms with van der Waals surface area (Å²) >= 11 is 5.40. The number of alkyl halides is 10. The molecule has 0 aliphatic carbocycles. The van der Waals surface area contributed by atoms with Crippen molar-refractivity contribution in [1.29, 1.82) is 0 Å². The first kappa shape index (κ1) is 72.6. The van der Waals surface area contributed by atoms with Crippen LogP contribution in [-0.2, 0) is 33.4 Å². The van der Waals surface area contributed by atoms with Gasteiger partial charge < -0.3 is 44.0 Å². The van der Waals surface area contributed by atoms with Gasteiger partial charge in [0.25, 0.3) is 17.7 Å². The Morgan fingerprint density at radius 3 is 1.00 bits per heavy atom. The summed E-state index contributed by atoms with van der Waals surface area (Å²) in [6, 6.07) is 35.9. The van der Waals surface area contributed by atoms with Gasteiger partial charge in [0.1, 0.15) is 47.8 Å². The number of amides is 6. The van der Waals surface area contributed by atoms with Crippen LogP contribution in [0.25, 0.3) is 33.4 Å². The maximum Gasteiger partial charge on any atom is 0.573 e. The minimum absolute atomic E-state index is 0. The first-order valence-corrected chi connectivity index (χ1v) is 29.1. The smallest absolute Gasteiger partial charge is 0.406 e. The van der Waals surface area contributed by atoms with E-state index in [2.05, 4.69) is 49.4 Å². The van der Waals surface area contributed by atoms with Crippen LogP contribution in [0, 0.1) is 0 Å². The molecule has 9 aromatic rings. The number of benzene rings is 6. The zero-order chi connectivity index (χ0) is 69.8. The zero-order valence-electron chi connectivity index (χ0n) is 51.3. The second-order valence-electron chi connectivity index (χ2n) is 20.9. The molecule has 0 fully saturated rings. The molecule has 3 aliphatic rings. The number of anilines is 3. The maximum absolute atomic E-state index is 13.3. The number of hydrogen-bond acceptors (Lipinski definition) is 15. The Labute approximate surface area is 562 Å². The molecule has 0 unspecified atom stereocenters. The van der Waals surface area contributed by atoms with Gasteiger partial charge in [0.2, 0.25) is 17.7 Å². The van der Waals surface area contributed by atoms with Crippen molar-refractivity contribution in [1.82, 2.24) is 45.0 Å². The number of ether oxygens (including phenoxy) is 3. The third-order valence-corrected chi connectivity index (χ3v) is 14.7. The molecule has 6 amide bonds. The number of rotatable bonds is 11. The molecule has 0 atom stereocenters. The Morgan fingerprint density at radius 1 is 0.408 bits per heavy atom. The van der Waals surface area contributed by atoms with Crippen LogP contribution in [0.5, 0.6) is 17.2 Å². The van der Waals surface area contributed by atoms with E-state index in [4.69, 9.17) is 11.6 Å². The van der Waals surface area contributed by atoms with Crippen molar-refractivity contribution < 1.29 is 82.5 Å². The van der Waals surface area contributed by atoms with Crippen molar-refractivity contribution in [3.05, 3.63) is 217 Å². The zero-order valence-corrected chi connectivity index (χ0v) is 52.9. The Balaban J connectivity index is 0.000000177. The van der Waals surface area contributed by atoms with Crippen LogP contribution in [0.15, 0.2) is 183 Å². The van der Waals surface area contributed by atoms with Crippen LogP contribution in [0.4, 0.5) is 56.6 Å². The fourth-order valence-corrected chi connectivity index (χ4v) is 9.85. The molecule has 0 saturated heterocycles. The van der Waals surface area contributed by atoms with Crippen molar-refractivity contribution in [2.24, 2.45) is 0 Å². The molecule has 0 saturated carbocycles. The van der Waals surface area contributed by atoms with Crippen LogP contribution in [0.2, 0.25) is 0 Å². The molecule has 32 heteroatoms. The summed E-state index contributed by atoms with van der Waals surface area (Å²) in [4.78, 5) is 107. The molecule has 12 rings (SSSR count). The van der Waals surface area contributed by atoms with Crippen LogP contribution in [-0.4, -0.2) is 135 Å². The highest BCUT2D eigenvalue weighted by atomic mass is 35.5. The molecule has 3 aliphatic heterocycles. The Bertz CT molecular complexity index is 4120. The van der Waals surface area contributed by atoms with E-state index in [0.717, 1.165) is 0 Å². The van der Waals surface area contributed by atoms with Gasteiger partial charge in [-0.25, -0.2) is 29.9 Å². The molecule has 0 spiro atoms. The third-order valence-electron chi connectivity index (χ3n) is 14.4. The summed E-state index contributed by atoms with van der Waals surface area (Å²) in [6.07, 6.45) is -4.75. The monoisotopic (exact) mass is 1400 g/mol. The predicted molar refractivity (Wildman–Crippen MR) is 341 cm³/mol. The Hall–Kier alpha value is -11.3. The number of fused-ring (bicyclic) bond motifs is 3. The van der Waals surface area contributed by atoms with Gasteiger partial charge in [-0.3, -0.25) is 28.8 Å². The largest absolute Gasteiger partial charge is 0.573 e. The van der Waals surface area contributed by atoms with Gasteiger partial charge in [-0.05, 0) is 124 Å². The number of aromatic nitrogens is 6. The highest BCUT2D eigenvalue weighted by Gasteiger charge is 2.35. The number of nitrogens with one attached hydrogen (secondary N) is 1. The maximum atomic E-state index is 13.3. The molecule has 1 N–H and O–H groups in total. The first-order valence-electron chi connectivity index (χ1n) is 28.6. The predicted octanol–water partition coefficient (Wildman–Crippen LogP) is 11.9. The van der Waals surface area contributed by atoms with E-state index in [-0.39, 0.29) is 97.8 Å². The molecule has 6 aromatic carbocycles. The topological polar surface area (TPSA) is 236 Å². The number of carbonyl (C=O) groups is 6. The standard InChI is InChI=1S/2C22H17F3N4O3.C17H13F3N2O3.C5H5ClN2.ClH/c2*1-28-18-8-5-15(14-3-6-16(7-4-14)32-22(23,24)25)11-17(18)21(31)29(13-20(28)30)12-19-26-9-2-10-27-19;1-22-14-7-4-11(8-13(14)16(24)21-9-15(22)23)10-2-5-12(6-3-10)25-17(18,19)20;6-4-5-7-2-1-3-8-5;/h2*2-11H,12-13H2,1H3;2-8H,9H2,1H3,(H,21,24);1-3H,4H2;1H. The molecular weight excluding hydrogens is 1350 g/mol. The molecule has 98 heavy (non-hydrogen) atoms. The fraction of sp³-hybridized carbons (Fsp3) is 0.182. The summed E-state index contributed by atoms with van der Waals surface area (Å²) in [5.41, 5.74) is 5.90. The molecule has 0 bridgehead atoms. The van der Waals surface area contributed by atoms with Crippen molar-refractivity contribution >= 4 is 76.5 Å². The number of hydrogen-bond donors (Lipinski definition) is 1. The lowest BCUT2D eigenvalue weighted by Gasteiger charge is -2.19. The summed E-state index contributed by atoms with van der Waals surface area (Å²) < 4.78 is 123. The van der Waals surface area contributed by atoms with E-state index in [0.29, 0.717) is 90.5 Å². The molecule has 508 valence electrons. The highest BCUT2D eigenvalue weighted by molar-refractivity contribution is 6.16. The van der Waals surface area contributed by atoms with E-state index < -0.39 is 19.1 Å². The van der Waals surface area contributed by atoms with Crippen LogP contribution in [0.3, 0.4) is 0 Å². The fourth-order valence-electron chi connectivity index (χ4n) is 9.71. The number of nitrogens with zero attached hydrogens (tertiary/aromatic N) is 11. The van der Waals surface area contributed by atoms with Gasteiger partial charge in [-0.15, -0.1) is 63.5 Å². The summed E-state index contributed by atoms with van der Waals surface area (Å²) in [7, 11) is 4.74. The van der Waals surface area contributed by atoms with Gasteiger partial charge in [0.15, 0.2) is 0 Å². The number of likely N-dealkylation sites (N-methyl/N-ethyl adjacent to an activating group) is 3. The van der Waals surface area contributed by atoms with E-state index in [9.17, 15) is 68.3 Å². The molecule has 21 nitrogen and oxygen atoms in total. The van der Waals surface area contributed by atoms with Crippen LogP contribution >= 0.6 is 24.0 Å². The summed E-state index contributed by atoms with van der Waals surface area (Å²) in [5, 5.41) is 2.52. The van der Waals surface area contributed by atoms with Crippen molar-refractivity contribution in [3.8, 4) is 50.6 Å². The van der Waals surface area contributed by atoms with E-state index >= 15 is 0 Å². The van der Waals surface area contributed by atoms with Crippen molar-refractivity contribution in [2.45, 2.75) is 38.1 Å². The van der Waals surface area contributed by atoms with Gasteiger partial charge >= 0.3 is 19.1 Å². The van der Waals surface area contributed by atoms with Crippen molar-refractivity contribution in [2.75, 3.05) is 55.5 Å². The number of halogens is 11. The second-order valence-corrected chi connectivity index (χ2v) is 21.2. The summed E-state index contributed by atoms with van der Waals surface area (Å²) in [5.74, 6) is -1.05. The van der Waals surface area contributed by atoms with Crippen LogP contribution < -0.4 is 34.2 Å². The molecule has 3 aromatic heterocycles. The third kappa shape index (κ3) is 19.2. The van der Waals surface area contributed by atoms with Crippen molar-refractivity contribution in [3.63, 3.8) is 0 Å². The molecule has 0 radical (unpaired) electrons. The minimum Gasteiger partial charge on any atom is -0.406 e. The van der Waals surface area contributed by atoms with E-state index in [1.54, 1.807) is 131 Å². The SMILES string of the molecule is CN1C(=O)CN(Cc2ncccn2)C(=O)c2cc(-c3ccc(OC(F)(F)F)cc3)ccc21.CN1C(=O)CN(Cc2ncccn2)C(=O)c2cc(-c3ccc(OC(F)(F)F)cc3)ccc21.CN1C(=O)CNC(=O)c2cc(-c3ccc(OC(F)(F)F)cc3)ccc21.Cl.ClCc1ncccn1. The normalized spacial score (nSPS) is 13.8. The minimum atomic E-state index is -4.78. The Morgan fingerprint density at radius 2 is 0.694 bits per heavy atom. The first-order chi connectivity index (χ1) is 46.1. The van der Waals surface area contributed by atoms with E-state index in [1.807, 2.05) is 0 Å². The van der Waals surface area contributed by atoms with Gasteiger partial charge in [0, 0.05) is 58.3 Å². The average Bonchev–Trinajstić information content (AvgIpc) is 1.70.